The molecule has 0 saturated carbocycles. The van der Waals surface area contributed by atoms with Crippen molar-refractivity contribution < 1.29 is 4.42 Å². The minimum Gasteiger partial charge on any atom is -0.467 e. The van der Waals surface area contributed by atoms with Crippen LogP contribution in [0.1, 0.15) is 24.4 Å². The second-order valence-corrected chi connectivity index (χ2v) is 5.32. The van der Waals surface area contributed by atoms with Gasteiger partial charge in [0.05, 0.1) is 29.7 Å². The largest absolute Gasteiger partial charge is 0.467 e. The van der Waals surface area contributed by atoms with Gasteiger partial charge < -0.3 is 14.6 Å². The van der Waals surface area contributed by atoms with Crippen LogP contribution in [-0.2, 0) is 6.54 Å². The van der Waals surface area contributed by atoms with Gasteiger partial charge >= 0.3 is 0 Å². The Bertz CT molecular complexity index is 521. The van der Waals surface area contributed by atoms with Gasteiger partial charge in [0.2, 0.25) is 0 Å². The average molecular weight is 297 g/mol. The van der Waals surface area contributed by atoms with Crippen LogP contribution in [0.25, 0.3) is 0 Å². The lowest BCUT2D eigenvalue weighted by molar-refractivity contribution is 0.360. The number of nitrogens with zero attached hydrogens (tertiary/aromatic N) is 3. The highest BCUT2D eigenvalue weighted by atomic mass is 35.5. The minimum absolute atomic E-state index is 0.0767. The molecule has 20 heavy (non-hydrogen) atoms. The van der Waals surface area contributed by atoms with E-state index in [2.05, 4.69) is 22.2 Å². The summed E-state index contributed by atoms with van der Waals surface area (Å²) in [6, 6.07) is 3.76. The third-order valence-corrected chi connectivity index (χ3v) is 3.39. The standard InChI is InChI=1S/C14H21ClN4O/c1-4-16-13(12-6-5-9-20-12)14-11(15)10-17-19(14)8-7-18(2)3/h5-6,9-10,13,16H,4,7-8H2,1-3H3. The number of halogens is 1. The molecular formula is C14H21ClN4O. The lowest BCUT2D eigenvalue weighted by atomic mass is 10.1. The smallest absolute Gasteiger partial charge is 0.126 e. The van der Waals surface area contributed by atoms with Crippen LogP contribution in [-0.4, -0.2) is 41.9 Å². The van der Waals surface area contributed by atoms with Crippen LogP contribution in [0.2, 0.25) is 5.02 Å². The predicted molar refractivity (Wildman–Crippen MR) is 80.0 cm³/mol. The average Bonchev–Trinajstić information content (AvgIpc) is 3.04. The van der Waals surface area contributed by atoms with Crippen LogP contribution in [0.4, 0.5) is 0 Å². The van der Waals surface area contributed by atoms with Crippen molar-refractivity contribution in [2.45, 2.75) is 19.5 Å². The number of rotatable bonds is 7. The van der Waals surface area contributed by atoms with E-state index in [0.29, 0.717) is 5.02 Å². The Morgan fingerprint density at radius 2 is 2.30 bits per heavy atom. The third kappa shape index (κ3) is 3.42. The molecule has 2 aromatic rings. The molecule has 2 rings (SSSR count). The summed E-state index contributed by atoms with van der Waals surface area (Å²) in [5.41, 5.74) is 0.949. The van der Waals surface area contributed by atoms with Crippen molar-refractivity contribution in [3.8, 4) is 0 Å². The highest BCUT2D eigenvalue weighted by Gasteiger charge is 2.23. The number of likely N-dealkylation sites (N-methyl/N-ethyl adjacent to an activating group) is 1. The van der Waals surface area contributed by atoms with E-state index in [1.54, 1.807) is 12.5 Å². The van der Waals surface area contributed by atoms with Gasteiger partial charge in [-0.25, -0.2) is 0 Å². The Morgan fingerprint density at radius 1 is 1.50 bits per heavy atom. The lowest BCUT2D eigenvalue weighted by Crippen LogP contribution is -2.27. The molecule has 6 heteroatoms. The molecule has 0 saturated heterocycles. The molecule has 1 unspecified atom stereocenters. The summed E-state index contributed by atoms with van der Waals surface area (Å²) in [6.45, 7) is 4.57. The summed E-state index contributed by atoms with van der Waals surface area (Å²) >= 11 is 6.33. The Morgan fingerprint density at radius 3 is 2.90 bits per heavy atom. The van der Waals surface area contributed by atoms with Gasteiger partial charge in [0, 0.05) is 6.54 Å². The van der Waals surface area contributed by atoms with Gasteiger partial charge in [-0.2, -0.15) is 5.10 Å². The van der Waals surface area contributed by atoms with Crippen molar-refractivity contribution in [1.29, 1.82) is 0 Å². The van der Waals surface area contributed by atoms with Crippen molar-refractivity contribution >= 4 is 11.6 Å². The third-order valence-electron chi connectivity index (χ3n) is 3.10. The van der Waals surface area contributed by atoms with Gasteiger partial charge in [-0.15, -0.1) is 0 Å². The van der Waals surface area contributed by atoms with Gasteiger partial charge in [0.15, 0.2) is 0 Å². The summed E-state index contributed by atoms with van der Waals surface area (Å²) in [4.78, 5) is 2.12. The van der Waals surface area contributed by atoms with E-state index in [0.717, 1.165) is 31.1 Å². The van der Waals surface area contributed by atoms with Crippen molar-refractivity contribution in [3.05, 3.63) is 41.1 Å². The van der Waals surface area contributed by atoms with Gasteiger partial charge in [-0.1, -0.05) is 18.5 Å². The fourth-order valence-corrected chi connectivity index (χ4v) is 2.37. The van der Waals surface area contributed by atoms with Gasteiger partial charge in [-0.3, -0.25) is 4.68 Å². The monoisotopic (exact) mass is 296 g/mol. The number of furan rings is 1. The molecule has 0 aromatic carbocycles. The zero-order chi connectivity index (χ0) is 14.5. The quantitative estimate of drug-likeness (QED) is 0.852. The molecule has 0 radical (unpaired) electrons. The second kappa shape index (κ2) is 6.92. The fraction of sp³-hybridized carbons (Fsp3) is 0.500. The molecule has 0 amide bonds. The predicted octanol–water partition coefficient (Wildman–Crippen LogP) is 2.39. The molecule has 1 atom stereocenters. The first-order valence-electron chi connectivity index (χ1n) is 6.76. The molecule has 0 bridgehead atoms. The summed E-state index contributed by atoms with van der Waals surface area (Å²) < 4.78 is 7.48. The second-order valence-electron chi connectivity index (χ2n) is 4.91. The van der Waals surface area contributed by atoms with E-state index in [1.165, 1.54) is 0 Å². The van der Waals surface area contributed by atoms with Crippen LogP contribution >= 0.6 is 11.6 Å². The molecule has 1 N–H and O–H groups in total. The molecule has 0 aliphatic carbocycles. The van der Waals surface area contributed by atoms with E-state index in [-0.39, 0.29) is 6.04 Å². The highest BCUT2D eigenvalue weighted by molar-refractivity contribution is 6.31. The maximum Gasteiger partial charge on any atom is 0.126 e. The lowest BCUT2D eigenvalue weighted by Gasteiger charge is -2.19. The van der Waals surface area contributed by atoms with Crippen LogP contribution in [0.5, 0.6) is 0 Å². The normalized spacial score (nSPS) is 13.1. The highest BCUT2D eigenvalue weighted by Crippen LogP contribution is 2.28. The topological polar surface area (TPSA) is 46.2 Å². The molecule has 2 aromatic heterocycles. The summed E-state index contributed by atoms with van der Waals surface area (Å²) in [7, 11) is 4.08. The fourth-order valence-electron chi connectivity index (χ4n) is 2.12. The Kier molecular flexibility index (Phi) is 5.23. The molecule has 2 heterocycles. The molecule has 5 nitrogen and oxygen atoms in total. The van der Waals surface area contributed by atoms with Gasteiger partial charge in [-0.05, 0) is 32.8 Å². The number of hydrogen-bond acceptors (Lipinski definition) is 4. The van der Waals surface area contributed by atoms with Crippen molar-refractivity contribution in [2.24, 2.45) is 0 Å². The minimum atomic E-state index is -0.0767. The van der Waals surface area contributed by atoms with Gasteiger partial charge in [0.25, 0.3) is 0 Å². The van der Waals surface area contributed by atoms with Gasteiger partial charge in [0.1, 0.15) is 11.8 Å². The zero-order valence-electron chi connectivity index (χ0n) is 12.1. The Hall–Kier alpha value is -1.30. The zero-order valence-corrected chi connectivity index (χ0v) is 12.9. The maximum absolute atomic E-state index is 6.33. The van der Waals surface area contributed by atoms with Crippen molar-refractivity contribution in [1.82, 2.24) is 20.0 Å². The molecule has 0 aliphatic rings. The molecule has 110 valence electrons. The maximum atomic E-state index is 6.33. The number of hydrogen-bond donors (Lipinski definition) is 1. The number of aromatic nitrogens is 2. The SMILES string of the molecule is CCNC(c1ccco1)c1c(Cl)cnn1CCN(C)C. The van der Waals surface area contributed by atoms with Crippen LogP contribution in [0.3, 0.4) is 0 Å². The molecule has 0 fully saturated rings. The first-order chi connectivity index (χ1) is 9.63. The van der Waals surface area contributed by atoms with E-state index in [9.17, 15) is 0 Å². The first kappa shape index (κ1) is 15.1. The van der Waals surface area contributed by atoms with Crippen molar-refractivity contribution in [2.75, 3.05) is 27.2 Å². The Labute approximate surface area is 124 Å². The van der Waals surface area contributed by atoms with E-state index >= 15 is 0 Å². The molecular weight excluding hydrogens is 276 g/mol. The van der Waals surface area contributed by atoms with E-state index in [4.69, 9.17) is 16.0 Å². The first-order valence-corrected chi connectivity index (χ1v) is 7.14. The van der Waals surface area contributed by atoms with E-state index in [1.807, 2.05) is 30.9 Å². The molecule has 0 aliphatic heterocycles. The van der Waals surface area contributed by atoms with E-state index < -0.39 is 0 Å². The summed E-state index contributed by atoms with van der Waals surface area (Å²) in [5.74, 6) is 0.848. The Balaban J connectivity index is 2.30. The molecule has 0 spiro atoms. The van der Waals surface area contributed by atoms with Crippen molar-refractivity contribution in [3.63, 3.8) is 0 Å². The summed E-state index contributed by atoms with van der Waals surface area (Å²) in [5, 5.41) is 8.44. The summed E-state index contributed by atoms with van der Waals surface area (Å²) in [6.07, 6.45) is 3.37. The van der Waals surface area contributed by atoms with Crippen LogP contribution in [0.15, 0.2) is 29.0 Å². The van der Waals surface area contributed by atoms with Crippen LogP contribution < -0.4 is 5.32 Å². The number of nitrogens with one attached hydrogen (secondary N) is 1. The van der Waals surface area contributed by atoms with Crippen LogP contribution in [0, 0.1) is 0 Å².